The minimum Gasteiger partial charge on any atom is -0.497 e. The van der Waals surface area contributed by atoms with Gasteiger partial charge in [0.25, 0.3) is 0 Å². The van der Waals surface area contributed by atoms with Gasteiger partial charge in [0.1, 0.15) is 24.5 Å². The molecule has 0 unspecified atom stereocenters. The molecule has 5 aromatic rings. The highest BCUT2D eigenvalue weighted by atomic mass is 35.5. The van der Waals surface area contributed by atoms with E-state index in [1.54, 1.807) is 44.4 Å². The number of rotatable bonds is 9. The number of carbonyl (C=O) groups excluding carboxylic acids is 3. The van der Waals surface area contributed by atoms with Crippen LogP contribution in [0.2, 0.25) is 5.02 Å². The Morgan fingerprint density at radius 1 is 0.859 bits per heavy atom. The molecule has 4 heterocycles. The zero-order chi connectivity index (χ0) is 45.2. The number of aromatic nitrogens is 1. The highest BCUT2D eigenvalue weighted by Gasteiger charge is 2.54. The molecule has 1 saturated heterocycles. The lowest BCUT2D eigenvalue weighted by Crippen LogP contribution is -2.58. The number of ether oxygens (including phenoxy) is 7. The molecule has 4 aromatic carbocycles. The number of H-pyrrole nitrogens is 1. The molecule has 1 N–H and O–H groups in total. The number of aliphatic imine (C=N–C) groups is 1. The van der Waals surface area contributed by atoms with Crippen LogP contribution in [-0.4, -0.2) is 115 Å². The van der Waals surface area contributed by atoms with Crippen LogP contribution < -0.4 is 23.8 Å². The third kappa shape index (κ3) is 8.37. The van der Waals surface area contributed by atoms with Crippen LogP contribution in [0, 0.1) is 17.8 Å². The maximum atomic E-state index is 13.5. The molecule has 1 amide bonds. The summed E-state index contributed by atoms with van der Waals surface area (Å²) in [5.41, 5.74) is 7.34. The lowest BCUT2D eigenvalue weighted by Gasteiger charge is -2.52. The normalized spacial score (nSPS) is 22.5. The van der Waals surface area contributed by atoms with E-state index < -0.39 is 24.1 Å². The van der Waals surface area contributed by atoms with Gasteiger partial charge in [0, 0.05) is 66.1 Å². The number of fused-ring (bicyclic) bond motifs is 7. The number of piperidine rings is 1. The van der Waals surface area contributed by atoms with Crippen LogP contribution in [0.4, 0.5) is 5.69 Å². The highest BCUT2D eigenvalue weighted by Crippen LogP contribution is 2.51. The van der Waals surface area contributed by atoms with Crippen molar-refractivity contribution in [1.82, 2.24) is 9.88 Å². The van der Waals surface area contributed by atoms with Gasteiger partial charge in [0.05, 0.1) is 64.5 Å². The summed E-state index contributed by atoms with van der Waals surface area (Å²) in [4.78, 5) is 51.3. The number of esters is 2. The van der Waals surface area contributed by atoms with Crippen LogP contribution in [0.3, 0.4) is 0 Å². The van der Waals surface area contributed by atoms with Crippen molar-refractivity contribution in [3.63, 3.8) is 0 Å². The summed E-state index contributed by atoms with van der Waals surface area (Å²) in [5, 5.41) is 1.85. The third-order valence-corrected chi connectivity index (χ3v) is 13.4. The molecule has 15 heteroatoms. The van der Waals surface area contributed by atoms with Crippen LogP contribution >= 0.6 is 11.6 Å². The summed E-state index contributed by atoms with van der Waals surface area (Å²) in [6.45, 7) is 1.83. The first-order valence-electron chi connectivity index (χ1n) is 21.2. The number of amides is 1. The number of benzodiazepines with no additional fused rings is 1. The van der Waals surface area contributed by atoms with Crippen molar-refractivity contribution in [2.75, 3.05) is 74.2 Å². The topological polar surface area (TPSA) is 150 Å². The van der Waals surface area contributed by atoms with Crippen molar-refractivity contribution in [3.05, 3.63) is 112 Å². The largest absolute Gasteiger partial charge is 0.497 e. The molecule has 6 atom stereocenters. The second kappa shape index (κ2) is 18.9. The Labute approximate surface area is 377 Å². The number of carbonyl (C=O) groups is 3. The summed E-state index contributed by atoms with van der Waals surface area (Å²) in [6.07, 6.45) is 0.920. The Balaban J connectivity index is 0.000000233. The standard InChI is InChI=1S/C33H40N2O9.C16H13ClN2O/c1-38-19-7-8-20-21-9-10-35-16-18-13-27(44-32(36)17-11-25(39-2)30(41-4)26(12-17)40-3)31(42-5)28(33(37)43-6)22(18)15-24(35)29(21)34-23(20)14-19;1-19-14-8-7-12(17)9-13(14)16(18-10-15(19)20)11-5-3-2-4-6-11/h7-8,11-12,14,18,22,24,27-28,31,34H,9-10,13,15-16H2,1-6H3;2-9H,10H2,1H3/t18-,22+,24-,27-,28+,31+;/m1./s1. The summed E-state index contributed by atoms with van der Waals surface area (Å²) < 4.78 is 39.1. The van der Waals surface area contributed by atoms with Crippen molar-refractivity contribution < 1.29 is 47.5 Å². The van der Waals surface area contributed by atoms with E-state index in [0.29, 0.717) is 28.7 Å². The van der Waals surface area contributed by atoms with Gasteiger partial charge in [-0.25, -0.2) is 4.79 Å². The Morgan fingerprint density at radius 3 is 2.28 bits per heavy atom. The van der Waals surface area contributed by atoms with Gasteiger partial charge in [0.15, 0.2) is 11.5 Å². The predicted octanol–water partition coefficient (Wildman–Crippen LogP) is 7.32. The number of likely N-dealkylation sites (N-methyl/N-ethyl adjacent to an activating group) is 1. The SMILES string of the molecule is CN1C(=O)CN=C(c2ccccc2)c2cc(Cl)ccc21.COC(=O)[C@H]1[C@H]2C[C@@H]3c4[nH]c5cc(OC)ccc5c4CCN3C[C@H]2C[C@@H](OC(=O)c2cc(OC)c(OC)c(OC)c2)[C@@H]1OC. The van der Waals surface area contributed by atoms with Crippen molar-refractivity contribution in [2.24, 2.45) is 22.7 Å². The minimum absolute atomic E-state index is 0.0170. The van der Waals surface area contributed by atoms with Gasteiger partial charge in [0.2, 0.25) is 11.7 Å². The Hall–Kier alpha value is -6.09. The quantitative estimate of drug-likeness (QED) is 0.148. The molecule has 336 valence electrons. The molecule has 1 saturated carbocycles. The average molecular weight is 893 g/mol. The van der Waals surface area contributed by atoms with Crippen LogP contribution in [0.15, 0.2) is 83.9 Å². The molecule has 4 aliphatic rings. The fourth-order valence-electron chi connectivity index (χ4n) is 10.1. The van der Waals surface area contributed by atoms with Gasteiger partial charge in [-0.1, -0.05) is 41.9 Å². The molecule has 1 aromatic heterocycles. The zero-order valence-electron chi connectivity index (χ0n) is 37.0. The molecular formula is C49H53ClN4O10. The fourth-order valence-corrected chi connectivity index (χ4v) is 10.2. The monoisotopic (exact) mass is 892 g/mol. The summed E-state index contributed by atoms with van der Waals surface area (Å²) in [7, 11) is 10.9. The van der Waals surface area contributed by atoms with Gasteiger partial charge >= 0.3 is 11.9 Å². The van der Waals surface area contributed by atoms with Gasteiger partial charge in [-0.3, -0.25) is 19.5 Å². The fraction of sp³-hybridized carbons (Fsp3) is 0.388. The van der Waals surface area contributed by atoms with E-state index >= 15 is 0 Å². The second-order valence-corrected chi connectivity index (χ2v) is 16.8. The lowest BCUT2D eigenvalue weighted by atomic mass is 9.63. The van der Waals surface area contributed by atoms with Crippen LogP contribution in [0.5, 0.6) is 23.0 Å². The molecule has 3 aliphatic heterocycles. The van der Waals surface area contributed by atoms with E-state index in [1.807, 2.05) is 54.6 Å². The van der Waals surface area contributed by atoms with E-state index in [0.717, 1.165) is 59.7 Å². The van der Waals surface area contributed by atoms with Crippen molar-refractivity contribution in [3.8, 4) is 23.0 Å². The zero-order valence-corrected chi connectivity index (χ0v) is 37.8. The maximum Gasteiger partial charge on any atom is 0.338 e. The summed E-state index contributed by atoms with van der Waals surface area (Å²) in [5.74, 6) is 0.412. The molecule has 64 heavy (non-hydrogen) atoms. The minimum atomic E-state index is -0.670. The van der Waals surface area contributed by atoms with Gasteiger partial charge in [-0.05, 0) is 79.1 Å². The summed E-state index contributed by atoms with van der Waals surface area (Å²) in [6, 6.07) is 24.7. The number of nitrogens with zero attached hydrogens (tertiary/aromatic N) is 3. The molecule has 2 fully saturated rings. The lowest BCUT2D eigenvalue weighted by molar-refractivity contribution is -0.176. The molecule has 14 nitrogen and oxygen atoms in total. The number of aromatic amines is 1. The molecule has 9 rings (SSSR count). The first-order valence-corrected chi connectivity index (χ1v) is 21.6. The first-order chi connectivity index (χ1) is 31.0. The van der Waals surface area contributed by atoms with E-state index in [9.17, 15) is 14.4 Å². The Bertz CT molecular complexity index is 2550. The van der Waals surface area contributed by atoms with Crippen molar-refractivity contribution in [2.45, 2.75) is 37.5 Å². The van der Waals surface area contributed by atoms with E-state index in [2.05, 4.69) is 20.9 Å². The van der Waals surface area contributed by atoms with Crippen molar-refractivity contribution >= 4 is 51.7 Å². The first kappa shape index (κ1) is 44.5. The van der Waals surface area contributed by atoms with Gasteiger partial charge in [-0.2, -0.15) is 0 Å². The highest BCUT2D eigenvalue weighted by molar-refractivity contribution is 6.32. The smallest absolute Gasteiger partial charge is 0.338 e. The predicted molar refractivity (Wildman–Crippen MR) is 242 cm³/mol. The van der Waals surface area contributed by atoms with Gasteiger partial charge in [-0.15, -0.1) is 0 Å². The third-order valence-electron chi connectivity index (χ3n) is 13.1. The number of hydrogen-bond acceptors (Lipinski definition) is 12. The van der Waals surface area contributed by atoms with E-state index in [4.69, 9.17) is 44.8 Å². The number of halogens is 1. The molecule has 0 bridgehead atoms. The Morgan fingerprint density at radius 2 is 1.61 bits per heavy atom. The van der Waals surface area contributed by atoms with E-state index in [1.165, 1.54) is 45.1 Å². The second-order valence-electron chi connectivity index (χ2n) is 16.3. The number of benzene rings is 4. The van der Waals surface area contributed by atoms with E-state index in [-0.39, 0.29) is 41.9 Å². The molecule has 1 aliphatic carbocycles. The van der Waals surface area contributed by atoms with Crippen LogP contribution in [0.25, 0.3) is 10.9 Å². The molecule has 0 radical (unpaired) electrons. The molecule has 0 spiro atoms. The number of methoxy groups -OCH3 is 6. The molecular weight excluding hydrogens is 840 g/mol. The maximum absolute atomic E-state index is 13.5. The Kier molecular flexibility index (Phi) is 13.2. The van der Waals surface area contributed by atoms with Crippen LogP contribution in [0.1, 0.15) is 51.6 Å². The van der Waals surface area contributed by atoms with Crippen LogP contribution in [-0.2, 0) is 30.2 Å². The average Bonchev–Trinajstić information content (AvgIpc) is 3.65. The summed E-state index contributed by atoms with van der Waals surface area (Å²) >= 11 is 6.11. The number of anilines is 1. The number of nitrogens with one attached hydrogen (secondary N) is 1. The number of hydrogen-bond donors (Lipinski definition) is 1. The van der Waals surface area contributed by atoms with Gasteiger partial charge < -0.3 is 43.0 Å². The van der Waals surface area contributed by atoms with Crippen molar-refractivity contribution in [1.29, 1.82) is 0 Å².